The van der Waals surface area contributed by atoms with E-state index in [1.165, 1.54) is 31.5 Å². The highest BCUT2D eigenvalue weighted by molar-refractivity contribution is 5.59. The number of benzene rings is 2. The SMILES string of the molecule is CC(c1ccc(Nc2ccccc2)cc1)N1CCCC1. The van der Waals surface area contributed by atoms with Gasteiger partial charge in [0.15, 0.2) is 0 Å². The first-order valence-corrected chi connectivity index (χ1v) is 7.49. The number of nitrogens with one attached hydrogen (secondary N) is 1. The summed E-state index contributed by atoms with van der Waals surface area (Å²) in [7, 11) is 0. The molecule has 1 aliphatic rings. The molecule has 0 spiro atoms. The molecular formula is C18H22N2. The molecule has 2 nitrogen and oxygen atoms in total. The summed E-state index contributed by atoms with van der Waals surface area (Å²) in [5.41, 5.74) is 3.69. The second kappa shape index (κ2) is 6.10. The van der Waals surface area contributed by atoms with E-state index in [1.807, 2.05) is 18.2 Å². The molecule has 1 N–H and O–H groups in total. The third-order valence-electron chi connectivity index (χ3n) is 4.14. The second-order valence-corrected chi connectivity index (χ2v) is 5.53. The Morgan fingerprint density at radius 2 is 1.45 bits per heavy atom. The predicted octanol–water partition coefficient (Wildman–Crippen LogP) is 4.59. The molecule has 20 heavy (non-hydrogen) atoms. The Morgan fingerprint density at radius 1 is 0.850 bits per heavy atom. The van der Waals surface area contributed by atoms with Crippen LogP contribution in [0.15, 0.2) is 54.6 Å². The van der Waals surface area contributed by atoms with Crippen molar-refractivity contribution in [1.82, 2.24) is 4.90 Å². The molecule has 3 rings (SSSR count). The number of nitrogens with zero attached hydrogens (tertiary/aromatic N) is 1. The van der Waals surface area contributed by atoms with Gasteiger partial charge in [-0.25, -0.2) is 0 Å². The summed E-state index contributed by atoms with van der Waals surface area (Å²) in [5, 5.41) is 3.43. The fourth-order valence-electron chi connectivity index (χ4n) is 2.87. The smallest absolute Gasteiger partial charge is 0.0384 e. The molecule has 2 aromatic carbocycles. The van der Waals surface area contributed by atoms with E-state index in [9.17, 15) is 0 Å². The Morgan fingerprint density at radius 3 is 2.10 bits per heavy atom. The van der Waals surface area contributed by atoms with Crippen molar-refractivity contribution in [2.45, 2.75) is 25.8 Å². The van der Waals surface area contributed by atoms with Gasteiger partial charge in [0, 0.05) is 17.4 Å². The van der Waals surface area contributed by atoms with Gasteiger partial charge in [-0.05, 0) is 62.7 Å². The zero-order valence-electron chi connectivity index (χ0n) is 12.0. The van der Waals surface area contributed by atoms with E-state index in [0.717, 1.165) is 11.4 Å². The number of likely N-dealkylation sites (tertiary alicyclic amines) is 1. The molecular weight excluding hydrogens is 244 g/mol. The molecule has 0 aromatic heterocycles. The quantitative estimate of drug-likeness (QED) is 0.871. The van der Waals surface area contributed by atoms with Crippen LogP contribution in [0.1, 0.15) is 31.4 Å². The summed E-state index contributed by atoms with van der Waals surface area (Å²) in [6, 6.07) is 19.7. The molecule has 1 saturated heterocycles. The fraction of sp³-hybridized carbons (Fsp3) is 0.333. The van der Waals surface area contributed by atoms with E-state index in [-0.39, 0.29) is 0 Å². The highest BCUT2D eigenvalue weighted by Gasteiger charge is 2.18. The summed E-state index contributed by atoms with van der Waals surface area (Å²) in [6.07, 6.45) is 2.69. The highest BCUT2D eigenvalue weighted by Crippen LogP contribution is 2.26. The van der Waals surface area contributed by atoms with Crippen LogP contribution in [0.2, 0.25) is 0 Å². The summed E-state index contributed by atoms with van der Waals surface area (Å²) < 4.78 is 0. The van der Waals surface area contributed by atoms with Crippen molar-refractivity contribution in [2.75, 3.05) is 18.4 Å². The van der Waals surface area contributed by atoms with Gasteiger partial charge in [-0.2, -0.15) is 0 Å². The minimum atomic E-state index is 0.531. The molecule has 0 radical (unpaired) electrons. The number of hydrogen-bond acceptors (Lipinski definition) is 2. The van der Waals surface area contributed by atoms with E-state index in [0.29, 0.717) is 6.04 Å². The Hall–Kier alpha value is -1.80. The zero-order chi connectivity index (χ0) is 13.8. The Labute approximate surface area is 121 Å². The van der Waals surface area contributed by atoms with Gasteiger partial charge in [0.2, 0.25) is 0 Å². The van der Waals surface area contributed by atoms with Crippen LogP contribution >= 0.6 is 0 Å². The molecule has 1 atom stereocenters. The molecule has 0 bridgehead atoms. The molecule has 1 aliphatic heterocycles. The Bertz CT molecular complexity index is 527. The van der Waals surface area contributed by atoms with Gasteiger partial charge < -0.3 is 5.32 Å². The number of para-hydroxylation sites is 1. The van der Waals surface area contributed by atoms with Crippen molar-refractivity contribution in [3.8, 4) is 0 Å². The average molecular weight is 266 g/mol. The molecule has 0 saturated carbocycles. The fourth-order valence-corrected chi connectivity index (χ4v) is 2.87. The molecule has 2 aromatic rings. The first kappa shape index (κ1) is 13.2. The molecule has 1 fully saturated rings. The van der Waals surface area contributed by atoms with Crippen LogP contribution < -0.4 is 5.32 Å². The summed E-state index contributed by atoms with van der Waals surface area (Å²) >= 11 is 0. The maximum absolute atomic E-state index is 3.43. The maximum atomic E-state index is 3.43. The van der Waals surface area contributed by atoms with E-state index in [4.69, 9.17) is 0 Å². The summed E-state index contributed by atoms with van der Waals surface area (Å²) in [6.45, 7) is 4.79. The monoisotopic (exact) mass is 266 g/mol. The minimum absolute atomic E-state index is 0.531. The third kappa shape index (κ3) is 3.02. The van der Waals surface area contributed by atoms with Gasteiger partial charge in [-0.3, -0.25) is 4.90 Å². The van der Waals surface area contributed by atoms with Crippen LogP contribution in [0, 0.1) is 0 Å². The van der Waals surface area contributed by atoms with Crippen molar-refractivity contribution in [1.29, 1.82) is 0 Å². The van der Waals surface area contributed by atoms with Crippen LogP contribution in [0.3, 0.4) is 0 Å². The van der Waals surface area contributed by atoms with Gasteiger partial charge in [0.25, 0.3) is 0 Å². The van der Waals surface area contributed by atoms with Gasteiger partial charge in [-0.1, -0.05) is 30.3 Å². The molecule has 1 unspecified atom stereocenters. The van der Waals surface area contributed by atoms with Crippen molar-refractivity contribution in [3.05, 3.63) is 60.2 Å². The highest BCUT2D eigenvalue weighted by atomic mass is 15.2. The lowest BCUT2D eigenvalue weighted by Crippen LogP contribution is -2.23. The van der Waals surface area contributed by atoms with Crippen LogP contribution in [0.25, 0.3) is 0 Å². The Kier molecular flexibility index (Phi) is 4.03. The normalized spacial score (nSPS) is 17.1. The van der Waals surface area contributed by atoms with Crippen molar-refractivity contribution in [2.24, 2.45) is 0 Å². The molecule has 2 heteroatoms. The van der Waals surface area contributed by atoms with Crippen LogP contribution in [0.5, 0.6) is 0 Å². The van der Waals surface area contributed by atoms with Gasteiger partial charge in [0.1, 0.15) is 0 Å². The van der Waals surface area contributed by atoms with E-state index >= 15 is 0 Å². The van der Waals surface area contributed by atoms with Gasteiger partial charge >= 0.3 is 0 Å². The van der Waals surface area contributed by atoms with Gasteiger partial charge in [0.05, 0.1) is 0 Å². The van der Waals surface area contributed by atoms with Crippen molar-refractivity contribution >= 4 is 11.4 Å². The molecule has 1 heterocycles. The minimum Gasteiger partial charge on any atom is -0.356 e. The number of anilines is 2. The summed E-state index contributed by atoms with van der Waals surface area (Å²) in [5.74, 6) is 0. The second-order valence-electron chi connectivity index (χ2n) is 5.53. The zero-order valence-corrected chi connectivity index (χ0v) is 12.0. The van der Waals surface area contributed by atoms with Crippen LogP contribution in [-0.2, 0) is 0 Å². The van der Waals surface area contributed by atoms with Gasteiger partial charge in [-0.15, -0.1) is 0 Å². The van der Waals surface area contributed by atoms with Crippen LogP contribution in [-0.4, -0.2) is 18.0 Å². The standard InChI is InChI=1S/C18H22N2/c1-15(20-13-5-6-14-20)16-9-11-18(12-10-16)19-17-7-3-2-4-8-17/h2-4,7-12,15,19H,5-6,13-14H2,1H3. The lowest BCUT2D eigenvalue weighted by molar-refractivity contribution is 0.263. The maximum Gasteiger partial charge on any atom is 0.0384 e. The molecule has 0 aliphatic carbocycles. The summed E-state index contributed by atoms with van der Waals surface area (Å²) in [4.78, 5) is 2.57. The van der Waals surface area contributed by atoms with E-state index < -0.39 is 0 Å². The average Bonchev–Trinajstić information content (AvgIpc) is 3.03. The lowest BCUT2D eigenvalue weighted by atomic mass is 10.1. The largest absolute Gasteiger partial charge is 0.356 e. The predicted molar refractivity (Wildman–Crippen MR) is 85.4 cm³/mol. The Balaban J connectivity index is 1.68. The molecule has 0 amide bonds. The topological polar surface area (TPSA) is 15.3 Å². The molecule has 104 valence electrons. The van der Waals surface area contributed by atoms with E-state index in [1.54, 1.807) is 0 Å². The van der Waals surface area contributed by atoms with Crippen LogP contribution in [0.4, 0.5) is 11.4 Å². The van der Waals surface area contributed by atoms with Crippen molar-refractivity contribution < 1.29 is 0 Å². The van der Waals surface area contributed by atoms with Crippen molar-refractivity contribution in [3.63, 3.8) is 0 Å². The lowest BCUT2D eigenvalue weighted by Gasteiger charge is -2.24. The first-order valence-electron chi connectivity index (χ1n) is 7.49. The number of hydrogen-bond donors (Lipinski definition) is 1. The number of rotatable bonds is 4. The van der Waals surface area contributed by atoms with E-state index in [2.05, 4.69) is 53.5 Å². The first-order chi connectivity index (χ1) is 9.83. The third-order valence-corrected chi connectivity index (χ3v) is 4.14.